The molecule has 0 aromatic carbocycles. The number of carbonyl (C=O) groups is 1. The number of nitrogens with zero attached hydrogens (tertiary/aromatic N) is 3. The molecular formula is C15H23N3O2S. The van der Waals surface area contributed by atoms with Crippen molar-refractivity contribution in [3.8, 4) is 0 Å². The highest BCUT2D eigenvalue weighted by atomic mass is 32.2. The van der Waals surface area contributed by atoms with Gasteiger partial charge in [-0.25, -0.2) is 0 Å². The Morgan fingerprint density at radius 1 is 1.19 bits per heavy atom. The van der Waals surface area contributed by atoms with Crippen LogP contribution in [0.2, 0.25) is 0 Å². The summed E-state index contributed by atoms with van der Waals surface area (Å²) in [7, 11) is 0. The van der Waals surface area contributed by atoms with Crippen molar-refractivity contribution in [1.29, 1.82) is 0 Å². The molecular weight excluding hydrogens is 286 g/mol. The Morgan fingerprint density at radius 2 is 1.90 bits per heavy atom. The Bertz CT molecular complexity index is 479. The Hall–Kier alpha value is -1.04. The molecule has 116 valence electrons. The van der Waals surface area contributed by atoms with Crippen LogP contribution in [0, 0.1) is 0 Å². The minimum absolute atomic E-state index is 0.150. The zero-order valence-corrected chi connectivity index (χ0v) is 13.4. The molecule has 1 amide bonds. The van der Waals surface area contributed by atoms with E-state index in [2.05, 4.69) is 10.2 Å². The fraction of sp³-hybridized carbons (Fsp3) is 0.800. The van der Waals surface area contributed by atoms with Gasteiger partial charge in [0.1, 0.15) is 0 Å². The largest absolute Gasteiger partial charge is 0.416 e. The van der Waals surface area contributed by atoms with Crippen molar-refractivity contribution in [3.63, 3.8) is 0 Å². The summed E-state index contributed by atoms with van der Waals surface area (Å²) in [5.74, 6) is 1.37. The molecule has 0 spiro atoms. The Morgan fingerprint density at radius 3 is 2.62 bits per heavy atom. The monoisotopic (exact) mass is 309 g/mol. The van der Waals surface area contributed by atoms with Gasteiger partial charge >= 0.3 is 0 Å². The van der Waals surface area contributed by atoms with E-state index in [1.165, 1.54) is 31.0 Å². The van der Waals surface area contributed by atoms with Crippen LogP contribution >= 0.6 is 11.8 Å². The normalized spacial score (nSPS) is 21.7. The molecule has 2 aliphatic rings. The van der Waals surface area contributed by atoms with E-state index < -0.39 is 0 Å². The van der Waals surface area contributed by atoms with Gasteiger partial charge in [-0.05, 0) is 32.6 Å². The van der Waals surface area contributed by atoms with Crippen molar-refractivity contribution in [2.75, 3.05) is 13.1 Å². The number of amides is 1. The summed E-state index contributed by atoms with van der Waals surface area (Å²) in [6.45, 7) is 3.71. The van der Waals surface area contributed by atoms with Gasteiger partial charge in [0.05, 0.1) is 5.25 Å². The van der Waals surface area contributed by atoms with E-state index in [1.54, 1.807) is 0 Å². The van der Waals surface area contributed by atoms with E-state index in [0.717, 1.165) is 44.7 Å². The van der Waals surface area contributed by atoms with Gasteiger partial charge in [0.25, 0.3) is 5.22 Å². The second-order valence-electron chi connectivity index (χ2n) is 6.03. The van der Waals surface area contributed by atoms with Gasteiger partial charge in [-0.2, -0.15) is 0 Å². The van der Waals surface area contributed by atoms with Crippen molar-refractivity contribution < 1.29 is 9.21 Å². The predicted molar refractivity (Wildman–Crippen MR) is 81.3 cm³/mol. The first-order valence-corrected chi connectivity index (χ1v) is 8.91. The van der Waals surface area contributed by atoms with Gasteiger partial charge < -0.3 is 9.32 Å². The summed E-state index contributed by atoms with van der Waals surface area (Å²) >= 11 is 1.39. The topological polar surface area (TPSA) is 59.2 Å². The average molecular weight is 309 g/mol. The van der Waals surface area contributed by atoms with Crippen LogP contribution in [0.1, 0.15) is 63.7 Å². The first-order valence-electron chi connectivity index (χ1n) is 8.03. The summed E-state index contributed by atoms with van der Waals surface area (Å²) in [6, 6.07) is 0. The van der Waals surface area contributed by atoms with E-state index in [1.807, 2.05) is 11.8 Å². The summed E-state index contributed by atoms with van der Waals surface area (Å²) < 4.78 is 5.78. The van der Waals surface area contributed by atoms with Crippen molar-refractivity contribution in [2.45, 2.75) is 68.3 Å². The van der Waals surface area contributed by atoms with Crippen LogP contribution in [-0.2, 0) is 4.79 Å². The molecule has 0 radical (unpaired) electrons. The maximum absolute atomic E-state index is 12.3. The van der Waals surface area contributed by atoms with Gasteiger partial charge in [0.2, 0.25) is 11.8 Å². The molecule has 3 rings (SSSR count). The van der Waals surface area contributed by atoms with Crippen LogP contribution in [0.4, 0.5) is 0 Å². The molecule has 21 heavy (non-hydrogen) atoms. The molecule has 5 nitrogen and oxygen atoms in total. The van der Waals surface area contributed by atoms with Gasteiger partial charge in [-0.1, -0.05) is 31.0 Å². The maximum atomic E-state index is 12.3. The molecule has 2 fully saturated rings. The number of aromatic nitrogens is 2. The molecule has 1 aliphatic heterocycles. The molecule has 1 saturated heterocycles. The fourth-order valence-electron chi connectivity index (χ4n) is 3.18. The standard InChI is InChI=1S/C15H23N3O2S/c1-11(14(19)18-9-5-6-10-18)21-15-17-16-13(20-15)12-7-3-2-4-8-12/h11-12H,2-10H2,1H3. The second-order valence-corrected chi connectivity index (χ2v) is 7.33. The van der Waals surface area contributed by atoms with E-state index >= 15 is 0 Å². The van der Waals surface area contributed by atoms with Crippen LogP contribution < -0.4 is 0 Å². The quantitative estimate of drug-likeness (QED) is 0.799. The van der Waals surface area contributed by atoms with Crippen molar-refractivity contribution >= 4 is 17.7 Å². The first-order chi connectivity index (χ1) is 10.2. The maximum Gasteiger partial charge on any atom is 0.277 e. The number of likely N-dealkylation sites (tertiary alicyclic amines) is 1. The highest BCUT2D eigenvalue weighted by molar-refractivity contribution is 8.00. The smallest absolute Gasteiger partial charge is 0.277 e. The van der Waals surface area contributed by atoms with E-state index in [4.69, 9.17) is 4.42 Å². The van der Waals surface area contributed by atoms with E-state index in [9.17, 15) is 4.79 Å². The first kappa shape index (κ1) is 14.9. The van der Waals surface area contributed by atoms with Crippen molar-refractivity contribution in [2.24, 2.45) is 0 Å². The Labute approximate surface area is 129 Å². The number of hydrogen-bond donors (Lipinski definition) is 0. The lowest BCUT2D eigenvalue weighted by Gasteiger charge is -2.19. The predicted octanol–water partition coefficient (Wildman–Crippen LogP) is 3.22. The molecule has 0 N–H and O–H groups in total. The molecule has 1 aromatic rings. The lowest BCUT2D eigenvalue weighted by Crippen LogP contribution is -2.34. The minimum Gasteiger partial charge on any atom is -0.416 e. The third-order valence-electron chi connectivity index (χ3n) is 4.42. The van der Waals surface area contributed by atoms with E-state index in [-0.39, 0.29) is 11.2 Å². The molecule has 1 aromatic heterocycles. The second kappa shape index (κ2) is 6.81. The molecule has 1 saturated carbocycles. The van der Waals surface area contributed by atoms with Gasteiger partial charge in [0.15, 0.2) is 0 Å². The van der Waals surface area contributed by atoms with Crippen LogP contribution in [-0.4, -0.2) is 39.3 Å². The van der Waals surface area contributed by atoms with Gasteiger partial charge in [-0.3, -0.25) is 4.79 Å². The number of carbonyl (C=O) groups excluding carboxylic acids is 1. The summed E-state index contributed by atoms with van der Waals surface area (Å²) in [6.07, 6.45) is 8.35. The number of rotatable bonds is 4. The molecule has 6 heteroatoms. The van der Waals surface area contributed by atoms with Gasteiger partial charge in [0, 0.05) is 19.0 Å². The van der Waals surface area contributed by atoms with E-state index in [0.29, 0.717) is 11.1 Å². The Kier molecular flexibility index (Phi) is 4.83. The van der Waals surface area contributed by atoms with Gasteiger partial charge in [-0.15, -0.1) is 10.2 Å². The number of thioether (sulfide) groups is 1. The van der Waals surface area contributed by atoms with Crippen LogP contribution in [0.25, 0.3) is 0 Å². The summed E-state index contributed by atoms with van der Waals surface area (Å²) in [5, 5.41) is 8.69. The summed E-state index contributed by atoms with van der Waals surface area (Å²) in [5.41, 5.74) is 0. The highest BCUT2D eigenvalue weighted by Crippen LogP contribution is 2.33. The Balaban J connectivity index is 1.57. The molecule has 1 unspecified atom stereocenters. The molecule has 1 atom stereocenters. The van der Waals surface area contributed by atoms with Crippen LogP contribution in [0.3, 0.4) is 0 Å². The lowest BCUT2D eigenvalue weighted by atomic mass is 9.89. The summed E-state index contributed by atoms with van der Waals surface area (Å²) in [4.78, 5) is 14.2. The average Bonchev–Trinajstić information content (AvgIpc) is 3.19. The van der Waals surface area contributed by atoms with Crippen LogP contribution in [0.5, 0.6) is 0 Å². The zero-order chi connectivity index (χ0) is 14.7. The molecule has 2 heterocycles. The van der Waals surface area contributed by atoms with Crippen molar-refractivity contribution in [1.82, 2.24) is 15.1 Å². The highest BCUT2D eigenvalue weighted by Gasteiger charge is 2.27. The molecule has 1 aliphatic carbocycles. The van der Waals surface area contributed by atoms with Crippen molar-refractivity contribution in [3.05, 3.63) is 5.89 Å². The van der Waals surface area contributed by atoms with Crippen LogP contribution in [0.15, 0.2) is 9.64 Å². The lowest BCUT2D eigenvalue weighted by molar-refractivity contribution is -0.129. The third kappa shape index (κ3) is 3.59. The molecule has 0 bridgehead atoms. The number of hydrogen-bond acceptors (Lipinski definition) is 5. The minimum atomic E-state index is -0.150. The SMILES string of the molecule is CC(Sc1nnc(C2CCCCC2)o1)C(=O)N1CCCC1. The fourth-order valence-corrected chi connectivity index (χ4v) is 3.95. The third-order valence-corrected chi connectivity index (χ3v) is 5.34. The zero-order valence-electron chi connectivity index (χ0n) is 12.6.